The van der Waals surface area contributed by atoms with Gasteiger partial charge >= 0.3 is 0 Å². The molecular weight excluding hydrogens is 450 g/mol. The van der Waals surface area contributed by atoms with E-state index in [-0.39, 0.29) is 23.2 Å². The van der Waals surface area contributed by atoms with Crippen LogP contribution in [0.1, 0.15) is 67.0 Å². The smallest absolute Gasteiger partial charge is 0.182 e. The summed E-state index contributed by atoms with van der Waals surface area (Å²) in [5, 5.41) is 4.53. The molecular formula is C26H24F2N6O. The highest BCUT2D eigenvalue weighted by molar-refractivity contribution is 5.87. The largest absolute Gasteiger partial charge is 0.370 e. The zero-order valence-electron chi connectivity index (χ0n) is 19.5. The van der Waals surface area contributed by atoms with E-state index in [1.165, 1.54) is 25.0 Å². The summed E-state index contributed by atoms with van der Waals surface area (Å²) in [5.41, 5.74) is 3.65. The standard InChI is InChI=1S/C26H24F2N6O/c1-13-14(2)31-24-23(30-13)22(19-6-3-16(27)7-20(19)28)32-25(33-24)26-8-18(9-26)35-21(10-26)15-11-29-34(12-15)17-4-5-17/h3,6-7,11-12,17-18,21H,4-5,8-10H2,1-2H3. The van der Waals surface area contributed by atoms with Gasteiger partial charge in [-0.25, -0.2) is 28.7 Å². The van der Waals surface area contributed by atoms with Crippen molar-refractivity contribution >= 4 is 11.2 Å². The molecule has 5 heterocycles. The van der Waals surface area contributed by atoms with Crippen molar-refractivity contribution in [2.24, 2.45) is 0 Å². The Hall–Kier alpha value is -3.33. The zero-order valence-corrected chi connectivity index (χ0v) is 19.5. The molecule has 4 fully saturated rings. The number of hydrogen-bond acceptors (Lipinski definition) is 6. The van der Waals surface area contributed by atoms with E-state index in [4.69, 9.17) is 14.7 Å². The molecule has 2 saturated heterocycles. The van der Waals surface area contributed by atoms with Crippen LogP contribution in [0.15, 0.2) is 30.6 Å². The molecule has 35 heavy (non-hydrogen) atoms. The van der Waals surface area contributed by atoms with Crippen LogP contribution < -0.4 is 0 Å². The van der Waals surface area contributed by atoms with Crippen LogP contribution in [0.4, 0.5) is 8.78 Å². The minimum atomic E-state index is -0.683. The maximum atomic E-state index is 14.9. The lowest BCUT2D eigenvalue weighted by atomic mass is 9.60. The van der Waals surface area contributed by atoms with Gasteiger partial charge < -0.3 is 4.74 Å². The molecule has 0 spiro atoms. The molecule has 1 aromatic carbocycles. The topological polar surface area (TPSA) is 78.6 Å². The molecule has 4 aromatic rings. The van der Waals surface area contributed by atoms with Crippen molar-refractivity contribution in [2.75, 3.05) is 0 Å². The Bertz CT molecular complexity index is 1490. The molecule has 2 aliphatic carbocycles. The van der Waals surface area contributed by atoms with Gasteiger partial charge in [0.25, 0.3) is 0 Å². The first kappa shape index (κ1) is 21.0. The van der Waals surface area contributed by atoms with Crippen LogP contribution in [-0.2, 0) is 10.2 Å². The predicted octanol–water partition coefficient (Wildman–Crippen LogP) is 5.08. The molecule has 4 aliphatic rings. The summed E-state index contributed by atoms with van der Waals surface area (Å²) < 4.78 is 36.9. The Morgan fingerprint density at radius 2 is 1.80 bits per heavy atom. The Balaban J connectivity index is 1.34. The number of nitrogens with zero attached hydrogens (tertiary/aromatic N) is 6. The van der Waals surface area contributed by atoms with Crippen LogP contribution in [0.2, 0.25) is 0 Å². The number of aryl methyl sites for hydroxylation is 2. The SMILES string of the molecule is Cc1nc2nc(C34CC(C3)OC(c3cnn(C5CC5)c3)C4)nc(-c3ccc(F)cc3F)c2nc1C. The Morgan fingerprint density at radius 1 is 1.00 bits per heavy atom. The van der Waals surface area contributed by atoms with E-state index in [2.05, 4.69) is 21.3 Å². The highest BCUT2D eigenvalue weighted by Crippen LogP contribution is 2.56. The monoisotopic (exact) mass is 474 g/mol. The third-order valence-corrected chi connectivity index (χ3v) is 7.69. The molecule has 2 saturated carbocycles. The van der Waals surface area contributed by atoms with Gasteiger partial charge in [-0.3, -0.25) is 4.68 Å². The third-order valence-electron chi connectivity index (χ3n) is 7.69. The van der Waals surface area contributed by atoms with E-state index in [0.717, 1.165) is 42.3 Å². The highest BCUT2D eigenvalue weighted by Gasteiger charge is 2.55. The second-order valence-electron chi connectivity index (χ2n) is 10.2. The van der Waals surface area contributed by atoms with Gasteiger partial charge in [0.2, 0.25) is 0 Å². The summed E-state index contributed by atoms with van der Waals surface area (Å²) in [6.07, 6.45) is 8.69. The summed E-state index contributed by atoms with van der Waals surface area (Å²) in [5.74, 6) is -0.694. The molecule has 1 atom stereocenters. The van der Waals surface area contributed by atoms with Crippen molar-refractivity contribution in [1.29, 1.82) is 0 Å². The number of fused-ring (bicyclic) bond motifs is 3. The average Bonchev–Trinajstić information content (AvgIpc) is 3.55. The molecule has 9 heteroatoms. The Kier molecular flexibility index (Phi) is 4.40. The third kappa shape index (κ3) is 3.36. The molecule has 7 nitrogen and oxygen atoms in total. The van der Waals surface area contributed by atoms with Crippen LogP contribution >= 0.6 is 0 Å². The van der Waals surface area contributed by atoms with Crippen molar-refractivity contribution in [2.45, 2.75) is 69.6 Å². The van der Waals surface area contributed by atoms with Gasteiger partial charge in [-0.15, -0.1) is 0 Å². The van der Waals surface area contributed by atoms with E-state index >= 15 is 0 Å². The molecule has 8 rings (SSSR count). The van der Waals surface area contributed by atoms with Crippen molar-refractivity contribution in [3.05, 3.63) is 65.0 Å². The number of benzene rings is 1. The van der Waals surface area contributed by atoms with Gasteiger partial charge in [0, 0.05) is 28.8 Å². The van der Waals surface area contributed by atoms with Gasteiger partial charge in [0.05, 0.1) is 35.8 Å². The van der Waals surface area contributed by atoms with E-state index < -0.39 is 11.6 Å². The summed E-state index contributed by atoms with van der Waals surface area (Å²) in [6, 6.07) is 4.03. The van der Waals surface area contributed by atoms with Gasteiger partial charge in [0.1, 0.15) is 28.7 Å². The molecule has 0 amide bonds. The van der Waals surface area contributed by atoms with Crippen LogP contribution in [0, 0.1) is 25.5 Å². The second-order valence-corrected chi connectivity index (χ2v) is 10.2. The maximum Gasteiger partial charge on any atom is 0.182 e. The number of halogens is 2. The lowest BCUT2D eigenvalue weighted by Gasteiger charge is -2.53. The fourth-order valence-electron chi connectivity index (χ4n) is 5.46. The minimum absolute atomic E-state index is 0.0915. The van der Waals surface area contributed by atoms with Crippen LogP contribution in [0.25, 0.3) is 22.4 Å². The second kappa shape index (κ2) is 7.34. The van der Waals surface area contributed by atoms with Crippen molar-refractivity contribution in [3.8, 4) is 11.3 Å². The molecule has 3 aromatic heterocycles. The molecule has 178 valence electrons. The van der Waals surface area contributed by atoms with Crippen molar-refractivity contribution in [3.63, 3.8) is 0 Å². The summed E-state index contributed by atoms with van der Waals surface area (Å²) >= 11 is 0. The number of hydrogen-bond donors (Lipinski definition) is 0. The fraction of sp³-hybridized carbons (Fsp3) is 0.423. The quantitative estimate of drug-likeness (QED) is 0.411. The fourth-order valence-corrected chi connectivity index (χ4v) is 5.46. The van der Waals surface area contributed by atoms with E-state index in [9.17, 15) is 8.78 Å². The zero-order chi connectivity index (χ0) is 23.9. The van der Waals surface area contributed by atoms with Gasteiger partial charge in [-0.1, -0.05) is 0 Å². The van der Waals surface area contributed by atoms with Crippen molar-refractivity contribution in [1.82, 2.24) is 29.7 Å². The molecule has 1 unspecified atom stereocenters. The number of ether oxygens (including phenoxy) is 1. The van der Waals surface area contributed by atoms with E-state index in [0.29, 0.717) is 28.7 Å². The first-order chi connectivity index (χ1) is 16.9. The summed E-state index contributed by atoms with van der Waals surface area (Å²) in [7, 11) is 0. The predicted molar refractivity (Wildman–Crippen MR) is 124 cm³/mol. The molecule has 0 N–H and O–H groups in total. The van der Waals surface area contributed by atoms with Crippen LogP contribution in [0.5, 0.6) is 0 Å². The van der Waals surface area contributed by atoms with Crippen LogP contribution in [0.3, 0.4) is 0 Å². The number of aromatic nitrogens is 6. The first-order valence-electron chi connectivity index (χ1n) is 12.1. The van der Waals surface area contributed by atoms with E-state index in [1.807, 2.05) is 24.7 Å². The molecule has 2 aliphatic heterocycles. The normalized spacial score (nSPS) is 25.6. The summed E-state index contributed by atoms with van der Waals surface area (Å²) in [4.78, 5) is 19.0. The molecule has 2 bridgehead atoms. The lowest BCUT2D eigenvalue weighted by molar-refractivity contribution is -0.161. The van der Waals surface area contributed by atoms with E-state index in [1.54, 1.807) is 0 Å². The van der Waals surface area contributed by atoms with Gasteiger partial charge in [-0.05, 0) is 58.1 Å². The van der Waals surface area contributed by atoms with Crippen LogP contribution in [-0.4, -0.2) is 35.8 Å². The highest BCUT2D eigenvalue weighted by atomic mass is 19.1. The summed E-state index contributed by atoms with van der Waals surface area (Å²) in [6.45, 7) is 3.72. The van der Waals surface area contributed by atoms with Gasteiger partial charge in [-0.2, -0.15) is 5.10 Å². The van der Waals surface area contributed by atoms with Crippen molar-refractivity contribution < 1.29 is 13.5 Å². The average molecular weight is 475 g/mol. The maximum absolute atomic E-state index is 14.9. The first-order valence-corrected chi connectivity index (χ1v) is 12.1. The van der Waals surface area contributed by atoms with Gasteiger partial charge in [0.15, 0.2) is 5.65 Å². The Morgan fingerprint density at radius 3 is 2.57 bits per heavy atom. The lowest BCUT2D eigenvalue weighted by Crippen LogP contribution is -2.53. The number of rotatable bonds is 4. The Labute approximate surface area is 200 Å². The minimum Gasteiger partial charge on any atom is -0.370 e. The molecule has 0 radical (unpaired) electrons.